The summed E-state index contributed by atoms with van der Waals surface area (Å²) in [6.07, 6.45) is 1.80. The van der Waals surface area contributed by atoms with Crippen molar-refractivity contribution < 1.29 is 9.53 Å². The van der Waals surface area contributed by atoms with Crippen molar-refractivity contribution in [3.05, 3.63) is 23.4 Å². The molecule has 0 atom stereocenters. The van der Waals surface area contributed by atoms with E-state index in [0.717, 1.165) is 0 Å². The summed E-state index contributed by atoms with van der Waals surface area (Å²) in [7, 11) is 0. The molecule has 0 amide bonds. The molecule has 1 rings (SSSR count). The van der Waals surface area contributed by atoms with Crippen molar-refractivity contribution in [3.8, 4) is 6.07 Å². The molecule has 0 saturated heterocycles. The van der Waals surface area contributed by atoms with Crippen LogP contribution in [0.5, 0.6) is 0 Å². The number of aromatic nitrogens is 1. The van der Waals surface area contributed by atoms with Crippen molar-refractivity contribution in [2.75, 3.05) is 12.9 Å². The fourth-order valence-corrected chi connectivity index (χ4v) is 1.52. The van der Waals surface area contributed by atoms with Crippen LogP contribution in [0.2, 0.25) is 0 Å². The van der Waals surface area contributed by atoms with Gasteiger partial charge in [-0.25, -0.2) is 9.78 Å². The molecule has 1 heterocycles. The number of rotatable bonds is 3. The summed E-state index contributed by atoms with van der Waals surface area (Å²) in [5.74, 6) is -0.461. The molecule has 0 spiro atoms. The quantitative estimate of drug-likeness (QED) is 0.577. The zero-order valence-electron chi connectivity index (χ0n) is 8.48. The number of hydrogen-bond acceptors (Lipinski definition) is 5. The van der Waals surface area contributed by atoms with Gasteiger partial charge in [0, 0.05) is 0 Å². The summed E-state index contributed by atoms with van der Waals surface area (Å²) in [5, 5.41) is 9.31. The van der Waals surface area contributed by atoms with Crippen LogP contribution in [0.3, 0.4) is 0 Å². The van der Waals surface area contributed by atoms with Crippen molar-refractivity contribution >= 4 is 17.7 Å². The number of hydrogen-bond donors (Lipinski definition) is 0. The molecule has 0 aliphatic carbocycles. The molecule has 0 aliphatic heterocycles. The molecule has 0 saturated carbocycles. The molecule has 0 fully saturated rings. The zero-order valence-corrected chi connectivity index (χ0v) is 9.30. The second-order valence-electron chi connectivity index (χ2n) is 2.59. The van der Waals surface area contributed by atoms with Gasteiger partial charge in [0.1, 0.15) is 16.8 Å². The van der Waals surface area contributed by atoms with Gasteiger partial charge in [-0.3, -0.25) is 0 Å². The number of carbonyl (C=O) groups excluding carboxylic acids is 1. The topological polar surface area (TPSA) is 63.0 Å². The van der Waals surface area contributed by atoms with Crippen LogP contribution in [0.4, 0.5) is 0 Å². The van der Waals surface area contributed by atoms with Gasteiger partial charge in [-0.05, 0) is 25.3 Å². The molecular weight excluding hydrogens is 212 g/mol. The van der Waals surface area contributed by atoms with Crippen LogP contribution in [0.25, 0.3) is 0 Å². The molecule has 0 N–H and O–H groups in total. The molecule has 1 aromatic heterocycles. The third-order valence-corrected chi connectivity index (χ3v) is 2.36. The van der Waals surface area contributed by atoms with E-state index in [1.54, 1.807) is 19.2 Å². The maximum atomic E-state index is 11.3. The SMILES string of the molecule is CCOC(=O)c1ccc(C#N)c(SC)n1. The highest BCUT2D eigenvalue weighted by molar-refractivity contribution is 7.98. The highest BCUT2D eigenvalue weighted by atomic mass is 32.2. The maximum Gasteiger partial charge on any atom is 0.356 e. The first-order valence-corrected chi connectivity index (χ1v) is 5.57. The Bertz CT molecular complexity index is 412. The smallest absolute Gasteiger partial charge is 0.356 e. The molecule has 1 aromatic rings. The number of pyridine rings is 1. The Balaban J connectivity index is 3.04. The summed E-state index contributed by atoms with van der Waals surface area (Å²) in [4.78, 5) is 15.4. The summed E-state index contributed by atoms with van der Waals surface area (Å²) >= 11 is 1.33. The van der Waals surface area contributed by atoms with Crippen LogP contribution in [0.15, 0.2) is 17.2 Å². The number of thioether (sulfide) groups is 1. The first-order chi connectivity index (χ1) is 7.22. The van der Waals surface area contributed by atoms with E-state index < -0.39 is 5.97 Å². The highest BCUT2D eigenvalue weighted by Gasteiger charge is 2.11. The minimum atomic E-state index is -0.461. The lowest BCUT2D eigenvalue weighted by atomic mass is 10.2. The molecule has 78 valence electrons. The summed E-state index contributed by atoms with van der Waals surface area (Å²) in [5.41, 5.74) is 0.704. The largest absolute Gasteiger partial charge is 0.461 e. The highest BCUT2D eigenvalue weighted by Crippen LogP contribution is 2.17. The van der Waals surface area contributed by atoms with Gasteiger partial charge < -0.3 is 4.74 Å². The lowest BCUT2D eigenvalue weighted by Gasteiger charge is -2.03. The minimum Gasteiger partial charge on any atom is -0.461 e. The van der Waals surface area contributed by atoms with Gasteiger partial charge in [-0.15, -0.1) is 11.8 Å². The standard InChI is InChI=1S/C10H10N2O2S/c1-3-14-10(13)8-5-4-7(6-11)9(12-8)15-2/h4-5H,3H2,1-2H3. The predicted molar refractivity (Wildman–Crippen MR) is 56.7 cm³/mol. The molecule has 0 unspecified atom stereocenters. The third-order valence-electron chi connectivity index (χ3n) is 1.66. The number of nitriles is 1. The number of nitrogens with zero attached hydrogens (tertiary/aromatic N) is 2. The van der Waals surface area contributed by atoms with Gasteiger partial charge in [0.15, 0.2) is 0 Å². The fourth-order valence-electron chi connectivity index (χ4n) is 1.000. The van der Waals surface area contributed by atoms with E-state index in [9.17, 15) is 4.79 Å². The molecule has 0 radical (unpaired) electrons. The van der Waals surface area contributed by atoms with E-state index in [4.69, 9.17) is 10.00 Å². The molecule has 0 bridgehead atoms. The third kappa shape index (κ3) is 2.70. The average Bonchev–Trinajstić information content (AvgIpc) is 2.28. The first-order valence-electron chi connectivity index (χ1n) is 4.35. The van der Waals surface area contributed by atoms with Crippen LogP contribution in [0, 0.1) is 11.3 Å². The van der Waals surface area contributed by atoms with Crippen LogP contribution in [0.1, 0.15) is 23.0 Å². The molecule has 15 heavy (non-hydrogen) atoms. The summed E-state index contributed by atoms with van der Waals surface area (Å²) in [6, 6.07) is 5.08. The van der Waals surface area contributed by atoms with Gasteiger partial charge in [-0.2, -0.15) is 5.26 Å². The van der Waals surface area contributed by atoms with Gasteiger partial charge in [0.05, 0.1) is 12.2 Å². The van der Waals surface area contributed by atoms with Crippen LogP contribution < -0.4 is 0 Å². The minimum absolute atomic E-state index is 0.236. The normalized spacial score (nSPS) is 9.40. The Kier molecular flexibility index (Phi) is 4.13. The van der Waals surface area contributed by atoms with E-state index in [-0.39, 0.29) is 5.69 Å². The lowest BCUT2D eigenvalue weighted by molar-refractivity contribution is 0.0518. The van der Waals surface area contributed by atoms with E-state index in [2.05, 4.69) is 4.98 Å². The Labute approximate surface area is 92.3 Å². The lowest BCUT2D eigenvalue weighted by Crippen LogP contribution is -2.07. The Morgan fingerprint density at radius 1 is 1.67 bits per heavy atom. The Hall–Kier alpha value is -1.54. The Morgan fingerprint density at radius 2 is 2.40 bits per heavy atom. The monoisotopic (exact) mass is 222 g/mol. The second-order valence-corrected chi connectivity index (χ2v) is 3.38. The zero-order chi connectivity index (χ0) is 11.3. The van der Waals surface area contributed by atoms with E-state index in [1.807, 2.05) is 6.07 Å². The molecule has 5 heteroatoms. The molecular formula is C10H10N2O2S. The van der Waals surface area contributed by atoms with Crippen molar-refractivity contribution in [3.63, 3.8) is 0 Å². The van der Waals surface area contributed by atoms with Gasteiger partial charge >= 0.3 is 5.97 Å². The number of ether oxygens (including phenoxy) is 1. The van der Waals surface area contributed by atoms with Gasteiger partial charge in [-0.1, -0.05) is 0 Å². The maximum absolute atomic E-state index is 11.3. The number of esters is 1. The number of carbonyl (C=O) groups is 1. The Morgan fingerprint density at radius 3 is 2.93 bits per heavy atom. The molecule has 0 aliphatic rings. The van der Waals surface area contributed by atoms with Crippen molar-refractivity contribution in [1.29, 1.82) is 5.26 Å². The predicted octanol–water partition coefficient (Wildman–Crippen LogP) is 1.85. The van der Waals surface area contributed by atoms with Crippen LogP contribution >= 0.6 is 11.8 Å². The van der Waals surface area contributed by atoms with Gasteiger partial charge in [0.25, 0.3) is 0 Å². The van der Waals surface area contributed by atoms with Crippen LogP contribution in [-0.4, -0.2) is 23.8 Å². The van der Waals surface area contributed by atoms with Crippen molar-refractivity contribution in [2.45, 2.75) is 11.9 Å². The van der Waals surface area contributed by atoms with E-state index in [0.29, 0.717) is 17.2 Å². The van der Waals surface area contributed by atoms with Crippen molar-refractivity contribution in [2.24, 2.45) is 0 Å². The summed E-state index contributed by atoms with van der Waals surface area (Å²) in [6.45, 7) is 2.05. The molecule has 4 nitrogen and oxygen atoms in total. The average molecular weight is 222 g/mol. The second kappa shape index (κ2) is 5.37. The molecule has 0 aromatic carbocycles. The van der Waals surface area contributed by atoms with E-state index >= 15 is 0 Å². The van der Waals surface area contributed by atoms with Gasteiger partial charge in [0.2, 0.25) is 0 Å². The summed E-state index contributed by atoms with van der Waals surface area (Å²) < 4.78 is 4.81. The van der Waals surface area contributed by atoms with E-state index in [1.165, 1.54) is 17.8 Å². The fraction of sp³-hybridized carbons (Fsp3) is 0.300. The van der Waals surface area contributed by atoms with Crippen molar-refractivity contribution in [1.82, 2.24) is 4.98 Å². The first kappa shape index (κ1) is 11.5. The van der Waals surface area contributed by atoms with Crippen LogP contribution in [-0.2, 0) is 4.74 Å².